The fourth-order valence-electron chi connectivity index (χ4n) is 1.03. The Kier molecular flexibility index (Phi) is 2.99. The average molecular weight is 334 g/mol. The summed E-state index contributed by atoms with van der Waals surface area (Å²) in [5.41, 5.74) is 1.92. The van der Waals surface area contributed by atoms with Crippen molar-refractivity contribution >= 4 is 43.2 Å². The third-order valence-electron chi connectivity index (χ3n) is 1.63. The van der Waals surface area contributed by atoms with Gasteiger partial charge in [-0.1, -0.05) is 0 Å². The van der Waals surface area contributed by atoms with Gasteiger partial charge in [-0.25, -0.2) is 4.98 Å². The summed E-state index contributed by atoms with van der Waals surface area (Å²) in [4.78, 5) is 8.70. The minimum absolute atomic E-state index is 0.895. The lowest BCUT2D eigenvalue weighted by molar-refractivity contribution is 1.22. The van der Waals surface area contributed by atoms with Gasteiger partial charge in [0.05, 0.1) is 0 Å². The molecule has 0 aliphatic rings. The summed E-state index contributed by atoms with van der Waals surface area (Å²) in [6, 6.07) is 1.97. The molecule has 2 aromatic rings. The van der Waals surface area contributed by atoms with Crippen LogP contribution in [0.4, 0.5) is 0 Å². The van der Waals surface area contributed by atoms with Crippen molar-refractivity contribution < 1.29 is 0 Å². The quantitative estimate of drug-likeness (QED) is 0.787. The van der Waals surface area contributed by atoms with Gasteiger partial charge in [0, 0.05) is 26.2 Å². The third-order valence-corrected chi connectivity index (χ3v) is 3.63. The molecule has 0 spiro atoms. The molecule has 5 heteroatoms. The van der Waals surface area contributed by atoms with Crippen LogP contribution in [0.3, 0.4) is 0 Å². The summed E-state index contributed by atoms with van der Waals surface area (Å²) < 4.78 is 1.92. The number of hydrogen-bond acceptors (Lipinski definition) is 3. The molecule has 0 radical (unpaired) electrons. The standard InChI is InChI=1S/C9H6Br2N2S/c1-5-4-14-9(13-5)8-7(11)2-6(10)3-12-8/h2-4H,1H3. The zero-order valence-electron chi connectivity index (χ0n) is 7.29. The molecular formula is C9H6Br2N2S. The van der Waals surface area contributed by atoms with Crippen molar-refractivity contribution in [2.45, 2.75) is 6.92 Å². The van der Waals surface area contributed by atoms with E-state index in [2.05, 4.69) is 41.8 Å². The molecule has 0 atom stereocenters. The predicted molar refractivity (Wildman–Crippen MR) is 65.5 cm³/mol. The first-order valence-electron chi connectivity index (χ1n) is 3.90. The van der Waals surface area contributed by atoms with Crippen LogP contribution in [-0.2, 0) is 0 Å². The molecule has 2 aromatic heterocycles. The van der Waals surface area contributed by atoms with E-state index in [9.17, 15) is 0 Å². The van der Waals surface area contributed by atoms with Gasteiger partial charge in [0.25, 0.3) is 0 Å². The average Bonchev–Trinajstić information content (AvgIpc) is 2.51. The van der Waals surface area contributed by atoms with Gasteiger partial charge in [-0.3, -0.25) is 4.98 Å². The molecule has 0 saturated heterocycles. The zero-order chi connectivity index (χ0) is 10.1. The van der Waals surface area contributed by atoms with Crippen LogP contribution < -0.4 is 0 Å². The molecule has 0 saturated carbocycles. The van der Waals surface area contributed by atoms with Crippen molar-refractivity contribution in [3.05, 3.63) is 32.3 Å². The van der Waals surface area contributed by atoms with Gasteiger partial charge in [-0.2, -0.15) is 0 Å². The van der Waals surface area contributed by atoms with Crippen LogP contribution in [-0.4, -0.2) is 9.97 Å². The number of nitrogens with zero attached hydrogens (tertiary/aromatic N) is 2. The lowest BCUT2D eigenvalue weighted by atomic mass is 10.4. The highest BCUT2D eigenvalue weighted by Gasteiger charge is 2.08. The lowest BCUT2D eigenvalue weighted by Gasteiger charge is -1.99. The van der Waals surface area contributed by atoms with Crippen molar-refractivity contribution in [3.8, 4) is 10.7 Å². The van der Waals surface area contributed by atoms with Gasteiger partial charge in [0.15, 0.2) is 0 Å². The maximum atomic E-state index is 4.38. The van der Waals surface area contributed by atoms with Gasteiger partial charge in [0.2, 0.25) is 0 Å². The van der Waals surface area contributed by atoms with E-state index < -0.39 is 0 Å². The van der Waals surface area contributed by atoms with E-state index in [0.717, 1.165) is 25.3 Å². The summed E-state index contributed by atoms with van der Waals surface area (Å²) in [6.07, 6.45) is 1.77. The number of aromatic nitrogens is 2. The summed E-state index contributed by atoms with van der Waals surface area (Å²) in [5, 5.41) is 2.97. The Labute approximate surface area is 103 Å². The molecule has 0 unspecified atom stereocenters. The molecule has 14 heavy (non-hydrogen) atoms. The molecule has 2 heterocycles. The van der Waals surface area contributed by atoms with Crippen molar-refractivity contribution in [1.82, 2.24) is 9.97 Å². The maximum Gasteiger partial charge on any atom is 0.143 e. The van der Waals surface area contributed by atoms with Crippen LogP contribution in [0.25, 0.3) is 10.7 Å². The van der Waals surface area contributed by atoms with E-state index >= 15 is 0 Å². The Morgan fingerprint density at radius 1 is 1.36 bits per heavy atom. The predicted octanol–water partition coefficient (Wildman–Crippen LogP) is 4.04. The van der Waals surface area contributed by atoms with Crippen LogP contribution in [0.15, 0.2) is 26.6 Å². The van der Waals surface area contributed by atoms with E-state index in [1.54, 1.807) is 17.5 Å². The SMILES string of the molecule is Cc1csc(-c2ncc(Br)cc2Br)n1. The molecule has 2 rings (SSSR count). The zero-order valence-corrected chi connectivity index (χ0v) is 11.3. The first-order valence-corrected chi connectivity index (χ1v) is 6.37. The van der Waals surface area contributed by atoms with Gasteiger partial charge in [-0.05, 0) is 44.8 Å². The molecule has 0 fully saturated rings. The van der Waals surface area contributed by atoms with Crippen LogP contribution in [0.2, 0.25) is 0 Å². The number of aryl methyl sites for hydroxylation is 1. The van der Waals surface area contributed by atoms with Crippen molar-refractivity contribution in [2.75, 3.05) is 0 Å². The van der Waals surface area contributed by atoms with E-state index in [1.807, 2.05) is 18.4 Å². The van der Waals surface area contributed by atoms with Crippen LogP contribution >= 0.6 is 43.2 Å². The summed E-state index contributed by atoms with van der Waals surface area (Å²) in [5.74, 6) is 0. The Morgan fingerprint density at radius 2 is 2.14 bits per heavy atom. The Bertz CT molecular complexity index is 468. The van der Waals surface area contributed by atoms with Crippen molar-refractivity contribution in [3.63, 3.8) is 0 Å². The fourth-order valence-corrected chi connectivity index (χ4v) is 3.15. The topological polar surface area (TPSA) is 25.8 Å². The van der Waals surface area contributed by atoms with Crippen molar-refractivity contribution in [2.24, 2.45) is 0 Å². The largest absolute Gasteiger partial charge is 0.251 e. The molecule has 2 nitrogen and oxygen atoms in total. The second-order valence-corrected chi connectivity index (χ2v) is 5.41. The number of halogens is 2. The Hall–Kier alpha value is -0.260. The first kappa shape index (κ1) is 10.3. The third kappa shape index (κ3) is 2.04. The van der Waals surface area contributed by atoms with Gasteiger partial charge < -0.3 is 0 Å². The molecule has 0 bridgehead atoms. The molecule has 72 valence electrons. The van der Waals surface area contributed by atoms with Gasteiger partial charge >= 0.3 is 0 Å². The second-order valence-electron chi connectivity index (χ2n) is 2.78. The second kappa shape index (κ2) is 4.08. The molecule has 0 aromatic carbocycles. The molecule has 0 aliphatic carbocycles. The van der Waals surface area contributed by atoms with Crippen LogP contribution in [0, 0.1) is 6.92 Å². The van der Waals surface area contributed by atoms with Gasteiger partial charge in [0.1, 0.15) is 10.7 Å². The summed E-state index contributed by atoms with van der Waals surface area (Å²) in [6.45, 7) is 1.98. The normalized spacial score (nSPS) is 10.5. The number of thiazole rings is 1. The highest BCUT2D eigenvalue weighted by molar-refractivity contribution is 9.11. The summed E-state index contributed by atoms with van der Waals surface area (Å²) >= 11 is 8.44. The van der Waals surface area contributed by atoms with Gasteiger partial charge in [-0.15, -0.1) is 11.3 Å². The van der Waals surface area contributed by atoms with Crippen LogP contribution in [0.1, 0.15) is 5.69 Å². The van der Waals surface area contributed by atoms with Crippen LogP contribution in [0.5, 0.6) is 0 Å². The van der Waals surface area contributed by atoms with Crippen molar-refractivity contribution in [1.29, 1.82) is 0 Å². The Morgan fingerprint density at radius 3 is 2.71 bits per heavy atom. The molecular weight excluding hydrogens is 328 g/mol. The highest BCUT2D eigenvalue weighted by Crippen LogP contribution is 2.30. The molecule has 0 amide bonds. The number of pyridine rings is 1. The molecule has 0 aliphatic heterocycles. The van der Waals surface area contributed by atoms with E-state index in [4.69, 9.17) is 0 Å². The fraction of sp³-hybridized carbons (Fsp3) is 0.111. The highest BCUT2D eigenvalue weighted by atomic mass is 79.9. The lowest BCUT2D eigenvalue weighted by Crippen LogP contribution is -1.84. The molecule has 0 N–H and O–H groups in total. The van der Waals surface area contributed by atoms with E-state index in [-0.39, 0.29) is 0 Å². The van der Waals surface area contributed by atoms with E-state index in [1.165, 1.54) is 0 Å². The maximum absolute atomic E-state index is 4.38. The monoisotopic (exact) mass is 332 g/mol. The smallest absolute Gasteiger partial charge is 0.143 e. The summed E-state index contributed by atoms with van der Waals surface area (Å²) in [7, 11) is 0. The van der Waals surface area contributed by atoms with E-state index in [0.29, 0.717) is 0 Å². The minimum atomic E-state index is 0.895. The minimum Gasteiger partial charge on any atom is -0.251 e. The Balaban J connectivity index is 2.52. The number of rotatable bonds is 1. The number of hydrogen-bond donors (Lipinski definition) is 0. The first-order chi connectivity index (χ1) is 6.66.